The number of nitrogens with zero attached hydrogens (tertiary/aromatic N) is 2. The largest absolute Gasteiger partial charge is 0.492 e. The highest BCUT2D eigenvalue weighted by Crippen LogP contribution is 2.31. The number of likely N-dealkylation sites (tertiary alicyclic amines) is 1. The number of hydrogen-bond donors (Lipinski definition) is 2. The zero-order valence-electron chi connectivity index (χ0n) is 16.6. The SMILES string of the molecule is CN=C(NCCOc1cccc(C(F)(F)F)c1)N1CCC(CC(=O)NC)CC1.I. The molecule has 2 N–H and O–H groups in total. The van der Waals surface area contributed by atoms with Crippen LogP contribution in [0, 0.1) is 5.92 Å². The Morgan fingerprint density at radius 2 is 2.00 bits per heavy atom. The van der Waals surface area contributed by atoms with Gasteiger partial charge >= 0.3 is 6.18 Å². The number of benzene rings is 1. The first-order valence-corrected chi connectivity index (χ1v) is 9.29. The molecule has 0 aromatic heterocycles. The fourth-order valence-corrected chi connectivity index (χ4v) is 3.14. The van der Waals surface area contributed by atoms with Crippen LogP contribution in [0.5, 0.6) is 5.75 Å². The first-order valence-electron chi connectivity index (χ1n) is 9.29. The molecule has 0 saturated carbocycles. The second-order valence-electron chi connectivity index (χ2n) is 6.66. The monoisotopic (exact) mass is 528 g/mol. The fraction of sp³-hybridized carbons (Fsp3) is 0.579. The van der Waals surface area contributed by atoms with Crippen molar-refractivity contribution in [1.82, 2.24) is 15.5 Å². The maximum Gasteiger partial charge on any atom is 0.416 e. The Balaban J connectivity index is 0.00000420. The molecule has 1 saturated heterocycles. The topological polar surface area (TPSA) is 66.0 Å². The highest BCUT2D eigenvalue weighted by atomic mass is 127. The Morgan fingerprint density at radius 1 is 1.31 bits per heavy atom. The minimum absolute atomic E-state index is 0. The van der Waals surface area contributed by atoms with Crippen molar-refractivity contribution in [1.29, 1.82) is 0 Å². The second-order valence-corrected chi connectivity index (χ2v) is 6.66. The van der Waals surface area contributed by atoms with Crippen molar-refractivity contribution in [2.75, 3.05) is 40.3 Å². The van der Waals surface area contributed by atoms with Gasteiger partial charge in [0.1, 0.15) is 12.4 Å². The number of carbonyl (C=O) groups is 1. The van der Waals surface area contributed by atoms with Gasteiger partial charge in [-0.3, -0.25) is 9.79 Å². The van der Waals surface area contributed by atoms with E-state index in [4.69, 9.17) is 4.74 Å². The molecule has 1 fully saturated rings. The van der Waals surface area contributed by atoms with Crippen LogP contribution in [0.1, 0.15) is 24.8 Å². The van der Waals surface area contributed by atoms with Gasteiger partial charge in [0.2, 0.25) is 5.91 Å². The number of ether oxygens (including phenoxy) is 1. The maximum absolute atomic E-state index is 12.7. The van der Waals surface area contributed by atoms with Gasteiger partial charge in [-0.05, 0) is 37.0 Å². The summed E-state index contributed by atoms with van der Waals surface area (Å²) in [7, 11) is 3.33. The Morgan fingerprint density at radius 3 is 2.59 bits per heavy atom. The predicted octanol–water partition coefficient (Wildman–Crippen LogP) is 3.13. The number of nitrogens with one attached hydrogen (secondary N) is 2. The normalized spacial score (nSPS) is 15.5. The predicted molar refractivity (Wildman–Crippen MR) is 117 cm³/mol. The number of carbonyl (C=O) groups excluding carboxylic acids is 1. The Hall–Kier alpha value is -1.72. The summed E-state index contributed by atoms with van der Waals surface area (Å²) in [4.78, 5) is 17.9. The number of halogens is 4. The van der Waals surface area contributed by atoms with E-state index in [2.05, 4.69) is 20.5 Å². The molecule has 1 amide bonds. The molecule has 1 aromatic rings. The molecule has 0 bridgehead atoms. The Kier molecular flexibility index (Phi) is 10.5. The van der Waals surface area contributed by atoms with Crippen molar-refractivity contribution in [3.05, 3.63) is 29.8 Å². The third kappa shape index (κ3) is 8.27. The van der Waals surface area contributed by atoms with Gasteiger partial charge in [0.05, 0.1) is 12.1 Å². The van der Waals surface area contributed by atoms with Gasteiger partial charge in [-0.25, -0.2) is 0 Å². The molecule has 10 heteroatoms. The van der Waals surface area contributed by atoms with Gasteiger partial charge in [0.25, 0.3) is 0 Å². The van der Waals surface area contributed by atoms with E-state index < -0.39 is 11.7 Å². The molecule has 1 aromatic carbocycles. The highest BCUT2D eigenvalue weighted by molar-refractivity contribution is 14.0. The molecular formula is C19H28F3IN4O2. The zero-order chi connectivity index (χ0) is 20.6. The molecular weight excluding hydrogens is 500 g/mol. The Bertz CT molecular complexity index is 678. The van der Waals surface area contributed by atoms with Crippen molar-refractivity contribution >= 4 is 35.8 Å². The summed E-state index contributed by atoms with van der Waals surface area (Å²) in [5.74, 6) is 1.35. The van der Waals surface area contributed by atoms with Crippen molar-refractivity contribution in [3.8, 4) is 5.75 Å². The molecule has 164 valence electrons. The maximum atomic E-state index is 12.7. The molecule has 1 aliphatic rings. The Labute approximate surface area is 186 Å². The minimum Gasteiger partial charge on any atom is -0.492 e. The summed E-state index contributed by atoms with van der Waals surface area (Å²) >= 11 is 0. The van der Waals surface area contributed by atoms with Crippen molar-refractivity contribution < 1.29 is 22.7 Å². The molecule has 6 nitrogen and oxygen atoms in total. The lowest BCUT2D eigenvalue weighted by Gasteiger charge is -2.34. The van der Waals surface area contributed by atoms with Crippen LogP contribution in [0.15, 0.2) is 29.3 Å². The van der Waals surface area contributed by atoms with Crippen LogP contribution in [0.25, 0.3) is 0 Å². The smallest absolute Gasteiger partial charge is 0.416 e. The first-order chi connectivity index (χ1) is 13.3. The van der Waals surface area contributed by atoms with Crippen LogP contribution in [0.4, 0.5) is 13.2 Å². The second kappa shape index (κ2) is 12.1. The first kappa shape index (κ1) is 25.3. The van der Waals surface area contributed by atoms with Gasteiger partial charge in [-0.1, -0.05) is 6.07 Å². The number of hydrogen-bond acceptors (Lipinski definition) is 3. The van der Waals surface area contributed by atoms with E-state index in [0.29, 0.717) is 18.9 Å². The minimum atomic E-state index is -4.39. The van der Waals surface area contributed by atoms with Crippen LogP contribution >= 0.6 is 24.0 Å². The molecule has 2 rings (SSSR count). The van der Waals surface area contributed by atoms with E-state index in [1.54, 1.807) is 14.1 Å². The van der Waals surface area contributed by atoms with Crippen LogP contribution in [0.3, 0.4) is 0 Å². The lowest BCUT2D eigenvalue weighted by Crippen LogP contribution is -2.46. The zero-order valence-corrected chi connectivity index (χ0v) is 18.9. The fourth-order valence-electron chi connectivity index (χ4n) is 3.14. The van der Waals surface area contributed by atoms with Gasteiger partial charge in [-0.15, -0.1) is 24.0 Å². The van der Waals surface area contributed by atoms with Gasteiger partial charge in [0, 0.05) is 33.6 Å². The average molecular weight is 528 g/mol. The molecule has 0 aliphatic carbocycles. The van der Waals surface area contributed by atoms with E-state index in [0.717, 1.165) is 44.0 Å². The van der Waals surface area contributed by atoms with E-state index in [9.17, 15) is 18.0 Å². The summed E-state index contributed by atoms with van der Waals surface area (Å²) in [6.45, 7) is 2.24. The van der Waals surface area contributed by atoms with Crippen LogP contribution in [-0.4, -0.2) is 57.1 Å². The van der Waals surface area contributed by atoms with Gasteiger partial charge in [-0.2, -0.15) is 13.2 Å². The standard InChI is InChI=1S/C19H27F3N4O2.HI/c1-23-17(27)12-14-6-9-26(10-7-14)18(24-2)25-8-11-28-16-5-3-4-15(13-16)19(20,21)22;/h3-5,13-14H,6-12H2,1-2H3,(H,23,27)(H,24,25);1H. The molecule has 0 atom stereocenters. The van der Waals surface area contributed by atoms with Crippen molar-refractivity contribution in [2.24, 2.45) is 10.9 Å². The number of amides is 1. The average Bonchev–Trinajstić information content (AvgIpc) is 2.68. The molecule has 0 unspecified atom stereocenters. The molecule has 1 aliphatic heterocycles. The number of piperidine rings is 1. The molecule has 1 heterocycles. The summed E-state index contributed by atoms with van der Waals surface area (Å²) in [5.41, 5.74) is -0.728. The number of guanidine groups is 1. The van der Waals surface area contributed by atoms with Crippen LogP contribution < -0.4 is 15.4 Å². The van der Waals surface area contributed by atoms with Gasteiger partial charge in [0.15, 0.2) is 5.96 Å². The van der Waals surface area contributed by atoms with Gasteiger partial charge < -0.3 is 20.3 Å². The van der Waals surface area contributed by atoms with Crippen LogP contribution in [0.2, 0.25) is 0 Å². The summed E-state index contributed by atoms with van der Waals surface area (Å²) in [6, 6.07) is 4.83. The highest BCUT2D eigenvalue weighted by Gasteiger charge is 2.30. The number of alkyl halides is 3. The quantitative estimate of drug-likeness (QED) is 0.258. The molecule has 29 heavy (non-hydrogen) atoms. The van der Waals surface area contributed by atoms with Crippen molar-refractivity contribution in [3.63, 3.8) is 0 Å². The van der Waals surface area contributed by atoms with Crippen molar-refractivity contribution in [2.45, 2.75) is 25.4 Å². The number of aliphatic imine (C=N–C) groups is 1. The number of rotatable bonds is 6. The van der Waals surface area contributed by atoms with E-state index in [1.807, 2.05) is 0 Å². The third-order valence-corrected chi connectivity index (χ3v) is 4.69. The third-order valence-electron chi connectivity index (χ3n) is 4.69. The van der Waals surface area contributed by atoms with E-state index in [-0.39, 0.29) is 42.2 Å². The van der Waals surface area contributed by atoms with E-state index >= 15 is 0 Å². The summed E-state index contributed by atoms with van der Waals surface area (Å²) < 4.78 is 43.6. The lowest BCUT2D eigenvalue weighted by molar-refractivity contribution is -0.137. The summed E-state index contributed by atoms with van der Waals surface area (Å²) in [5, 5.41) is 5.82. The van der Waals surface area contributed by atoms with Crippen LogP contribution in [-0.2, 0) is 11.0 Å². The summed E-state index contributed by atoms with van der Waals surface area (Å²) in [6.07, 6.45) is -2.02. The molecule has 0 radical (unpaired) electrons. The van der Waals surface area contributed by atoms with E-state index in [1.165, 1.54) is 12.1 Å². The molecule has 0 spiro atoms. The lowest BCUT2D eigenvalue weighted by atomic mass is 9.93.